The van der Waals surface area contributed by atoms with E-state index in [2.05, 4.69) is 30.3 Å². The summed E-state index contributed by atoms with van der Waals surface area (Å²) in [6.45, 7) is 0. The summed E-state index contributed by atoms with van der Waals surface area (Å²) in [5, 5.41) is 0. The molecule has 0 N–H and O–H groups in total. The van der Waals surface area contributed by atoms with Crippen LogP contribution in [0, 0.1) is 0 Å². The van der Waals surface area contributed by atoms with Crippen molar-refractivity contribution in [3.63, 3.8) is 0 Å². The molecule has 0 spiro atoms. The molecule has 98 valence electrons. The largest absolute Gasteiger partial charge is 0.497 e. The van der Waals surface area contributed by atoms with E-state index in [-0.39, 0.29) is 6.03 Å². The Bertz CT molecular complexity index is 550. The summed E-state index contributed by atoms with van der Waals surface area (Å²) in [5.41, 5.74) is 2.48. The van der Waals surface area contributed by atoms with E-state index < -0.39 is 0 Å². The molecule has 0 bridgehead atoms. The molecule has 19 heavy (non-hydrogen) atoms. The van der Waals surface area contributed by atoms with Crippen LogP contribution in [0.1, 0.15) is 11.1 Å². The third-order valence-corrected chi connectivity index (χ3v) is 3.01. The molecule has 0 fully saturated rings. The lowest BCUT2D eigenvalue weighted by Gasteiger charge is -2.05. The SMILES string of the molecule is CN(C)C(=O)[n+]1cccc(CCc2ccccc2)c1. The molecule has 2 rings (SSSR count). The highest BCUT2D eigenvalue weighted by Crippen LogP contribution is 2.05. The van der Waals surface area contributed by atoms with Gasteiger partial charge in [-0.15, -0.1) is 0 Å². The Morgan fingerprint density at radius 3 is 2.32 bits per heavy atom. The molecule has 3 heteroatoms. The average molecular weight is 255 g/mol. The predicted octanol–water partition coefficient (Wildman–Crippen LogP) is 2.29. The molecule has 1 heterocycles. The second kappa shape index (κ2) is 6.14. The van der Waals surface area contributed by atoms with Gasteiger partial charge < -0.3 is 0 Å². The third kappa shape index (κ3) is 3.65. The van der Waals surface area contributed by atoms with Crippen LogP contribution >= 0.6 is 0 Å². The summed E-state index contributed by atoms with van der Waals surface area (Å²) in [6, 6.07) is 14.3. The van der Waals surface area contributed by atoms with Gasteiger partial charge in [0.05, 0.1) is 20.3 Å². The van der Waals surface area contributed by atoms with Crippen molar-refractivity contribution in [3.8, 4) is 0 Å². The molecule has 0 aliphatic rings. The number of carbonyl (C=O) groups is 1. The number of carbonyl (C=O) groups excluding carboxylic acids is 1. The maximum atomic E-state index is 11.9. The molecule has 0 atom stereocenters. The van der Waals surface area contributed by atoms with Gasteiger partial charge in [0.2, 0.25) is 0 Å². The number of aryl methyl sites for hydroxylation is 2. The van der Waals surface area contributed by atoms with Gasteiger partial charge in [-0.1, -0.05) is 36.4 Å². The molecular formula is C16H19N2O+. The Kier molecular flexibility index (Phi) is 4.29. The van der Waals surface area contributed by atoms with Crippen LogP contribution in [0.15, 0.2) is 54.9 Å². The van der Waals surface area contributed by atoms with E-state index >= 15 is 0 Å². The van der Waals surface area contributed by atoms with E-state index in [1.165, 1.54) is 11.1 Å². The first-order valence-corrected chi connectivity index (χ1v) is 6.42. The summed E-state index contributed by atoms with van der Waals surface area (Å²) < 4.78 is 1.63. The predicted molar refractivity (Wildman–Crippen MR) is 75.0 cm³/mol. The van der Waals surface area contributed by atoms with Gasteiger partial charge in [0.1, 0.15) is 6.20 Å². The van der Waals surface area contributed by atoms with Crippen molar-refractivity contribution >= 4 is 6.03 Å². The fourth-order valence-electron chi connectivity index (χ4n) is 1.96. The standard InChI is InChI=1S/C16H19N2O/c1-17(2)16(19)18-12-6-9-15(13-18)11-10-14-7-4-3-5-8-14/h3-9,12-13H,10-11H2,1-2H3/q+1. The van der Waals surface area contributed by atoms with Gasteiger partial charge in [0.25, 0.3) is 0 Å². The average Bonchev–Trinajstić information content (AvgIpc) is 2.45. The van der Waals surface area contributed by atoms with Crippen LogP contribution in [-0.4, -0.2) is 25.0 Å². The van der Waals surface area contributed by atoms with E-state index in [1.54, 1.807) is 29.8 Å². The molecule has 0 saturated heterocycles. The Balaban J connectivity index is 2.05. The van der Waals surface area contributed by atoms with Crippen molar-refractivity contribution in [3.05, 3.63) is 66.0 Å². The minimum Gasteiger partial charge on any atom is -0.231 e. The molecule has 1 amide bonds. The van der Waals surface area contributed by atoms with Crippen LogP contribution < -0.4 is 4.57 Å². The molecule has 2 aromatic rings. The molecule has 0 radical (unpaired) electrons. The number of pyridine rings is 1. The lowest BCUT2D eigenvalue weighted by atomic mass is 10.1. The zero-order valence-electron chi connectivity index (χ0n) is 11.4. The summed E-state index contributed by atoms with van der Waals surface area (Å²) in [6.07, 6.45) is 5.62. The summed E-state index contributed by atoms with van der Waals surface area (Å²) in [7, 11) is 3.51. The van der Waals surface area contributed by atoms with Crippen molar-refractivity contribution < 1.29 is 9.36 Å². The van der Waals surface area contributed by atoms with Crippen molar-refractivity contribution in [2.75, 3.05) is 14.1 Å². The second-order valence-corrected chi connectivity index (χ2v) is 4.78. The highest BCUT2D eigenvalue weighted by molar-refractivity contribution is 5.63. The van der Waals surface area contributed by atoms with Gasteiger partial charge in [0, 0.05) is 0 Å². The van der Waals surface area contributed by atoms with Gasteiger partial charge in [0.15, 0.2) is 0 Å². The van der Waals surface area contributed by atoms with Crippen molar-refractivity contribution in [1.82, 2.24) is 4.90 Å². The van der Waals surface area contributed by atoms with Crippen LogP contribution in [0.5, 0.6) is 0 Å². The quantitative estimate of drug-likeness (QED) is 0.772. The number of aromatic nitrogens is 1. The van der Waals surface area contributed by atoms with E-state index in [4.69, 9.17) is 0 Å². The van der Waals surface area contributed by atoms with Crippen LogP contribution in [0.4, 0.5) is 4.79 Å². The van der Waals surface area contributed by atoms with Crippen LogP contribution in [-0.2, 0) is 12.8 Å². The van der Waals surface area contributed by atoms with Gasteiger partial charge >= 0.3 is 6.03 Å². The Morgan fingerprint density at radius 2 is 1.63 bits per heavy atom. The van der Waals surface area contributed by atoms with Gasteiger partial charge in [-0.2, -0.15) is 9.36 Å². The first-order chi connectivity index (χ1) is 9.16. The molecule has 0 aliphatic carbocycles. The fraction of sp³-hybridized carbons (Fsp3) is 0.250. The van der Waals surface area contributed by atoms with Gasteiger partial charge in [-0.3, -0.25) is 0 Å². The maximum absolute atomic E-state index is 11.9. The summed E-state index contributed by atoms with van der Waals surface area (Å²) in [4.78, 5) is 13.4. The van der Waals surface area contributed by atoms with Crippen molar-refractivity contribution in [1.29, 1.82) is 0 Å². The number of hydrogen-bond donors (Lipinski definition) is 0. The zero-order chi connectivity index (χ0) is 13.7. The van der Waals surface area contributed by atoms with Crippen LogP contribution in [0.2, 0.25) is 0 Å². The van der Waals surface area contributed by atoms with E-state index in [1.807, 2.05) is 18.3 Å². The van der Waals surface area contributed by atoms with Gasteiger partial charge in [-0.05, 0) is 30.0 Å². The number of rotatable bonds is 3. The molecular weight excluding hydrogens is 236 g/mol. The number of amides is 1. The second-order valence-electron chi connectivity index (χ2n) is 4.78. The monoisotopic (exact) mass is 255 g/mol. The molecule has 0 saturated carbocycles. The Hall–Kier alpha value is -2.16. The van der Waals surface area contributed by atoms with E-state index in [0.717, 1.165) is 12.8 Å². The topological polar surface area (TPSA) is 24.2 Å². The molecule has 1 aromatic carbocycles. The molecule has 1 aromatic heterocycles. The van der Waals surface area contributed by atoms with Crippen molar-refractivity contribution in [2.45, 2.75) is 12.8 Å². The third-order valence-electron chi connectivity index (χ3n) is 3.01. The summed E-state index contributed by atoms with van der Waals surface area (Å²) in [5.74, 6) is 0. The fourth-order valence-corrected chi connectivity index (χ4v) is 1.96. The smallest absolute Gasteiger partial charge is 0.231 e. The van der Waals surface area contributed by atoms with Crippen LogP contribution in [0.25, 0.3) is 0 Å². The van der Waals surface area contributed by atoms with E-state index in [9.17, 15) is 4.79 Å². The lowest BCUT2D eigenvalue weighted by molar-refractivity contribution is -0.578. The number of benzene rings is 1. The highest BCUT2D eigenvalue weighted by Gasteiger charge is 2.15. The molecule has 3 nitrogen and oxygen atoms in total. The normalized spacial score (nSPS) is 10.2. The Labute approximate surface area is 114 Å². The summed E-state index contributed by atoms with van der Waals surface area (Å²) >= 11 is 0. The van der Waals surface area contributed by atoms with Crippen LogP contribution in [0.3, 0.4) is 0 Å². The maximum Gasteiger partial charge on any atom is 0.497 e. The lowest BCUT2D eigenvalue weighted by Crippen LogP contribution is -2.49. The Morgan fingerprint density at radius 1 is 1.00 bits per heavy atom. The van der Waals surface area contributed by atoms with E-state index in [0.29, 0.717) is 0 Å². The number of nitrogens with zero attached hydrogens (tertiary/aromatic N) is 2. The molecule has 0 unspecified atom stereocenters. The minimum absolute atomic E-state index is 0.0263. The van der Waals surface area contributed by atoms with Crippen molar-refractivity contribution in [2.24, 2.45) is 0 Å². The number of hydrogen-bond acceptors (Lipinski definition) is 1. The first-order valence-electron chi connectivity index (χ1n) is 6.42. The highest BCUT2D eigenvalue weighted by atomic mass is 16.2. The van der Waals surface area contributed by atoms with Gasteiger partial charge in [-0.25, -0.2) is 4.90 Å². The molecule has 0 aliphatic heterocycles. The minimum atomic E-state index is -0.0263. The zero-order valence-corrected chi connectivity index (χ0v) is 11.4. The first kappa shape index (κ1) is 13.3.